The molecule has 1 aromatic heterocycles. The molecule has 4 nitrogen and oxygen atoms in total. The molecule has 0 unspecified atom stereocenters. The Kier molecular flexibility index (Phi) is 4.23. The maximum Gasteiger partial charge on any atom is 0.221 e. The molecule has 96 valence electrons. The van der Waals surface area contributed by atoms with Gasteiger partial charge in [0, 0.05) is 43.2 Å². The van der Waals surface area contributed by atoms with Gasteiger partial charge in [0.05, 0.1) is 5.02 Å². The summed E-state index contributed by atoms with van der Waals surface area (Å²) in [6, 6.07) is 7.92. The van der Waals surface area contributed by atoms with Gasteiger partial charge in [-0.15, -0.1) is 0 Å². The fraction of sp³-hybridized carbons (Fsp3) is 0.308. The molecule has 0 aliphatic carbocycles. The summed E-state index contributed by atoms with van der Waals surface area (Å²) >= 11 is 6.28. The van der Waals surface area contributed by atoms with Crippen molar-refractivity contribution in [3.05, 3.63) is 35.0 Å². The van der Waals surface area contributed by atoms with Crippen molar-refractivity contribution in [1.82, 2.24) is 15.6 Å². The summed E-state index contributed by atoms with van der Waals surface area (Å²) in [4.78, 5) is 14.3. The van der Waals surface area contributed by atoms with Gasteiger partial charge in [-0.05, 0) is 6.07 Å². The Morgan fingerprint density at radius 2 is 2.17 bits per heavy atom. The number of nitrogens with one attached hydrogen (secondary N) is 3. The average molecular weight is 266 g/mol. The van der Waals surface area contributed by atoms with Crippen molar-refractivity contribution in [2.45, 2.75) is 13.0 Å². The topological polar surface area (TPSA) is 56.9 Å². The molecule has 5 heteroatoms. The Morgan fingerprint density at radius 3 is 2.89 bits per heavy atom. The van der Waals surface area contributed by atoms with Crippen LogP contribution in [0.1, 0.15) is 12.1 Å². The van der Waals surface area contributed by atoms with Gasteiger partial charge in [-0.3, -0.25) is 4.79 Å². The Bertz CT molecular complexity index is 550. The number of halogens is 1. The first-order valence-electron chi connectivity index (χ1n) is 5.88. The van der Waals surface area contributed by atoms with E-state index in [-0.39, 0.29) is 5.91 Å². The molecule has 1 aromatic carbocycles. The van der Waals surface area contributed by atoms with Crippen LogP contribution in [0.2, 0.25) is 5.02 Å². The van der Waals surface area contributed by atoms with Crippen LogP contribution >= 0.6 is 11.6 Å². The molecule has 0 aliphatic heterocycles. The van der Waals surface area contributed by atoms with Crippen LogP contribution in [-0.2, 0) is 11.3 Å². The fourth-order valence-corrected chi connectivity index (χ4v) is 2.10. The first-order chi connectivity index (χ1) is 8.72. The summed E-state index contributed by atoms with van der Waals surface area (Å²) in [5.41, 5.74) is 1.99. The third kappa shape index (κ3) is 2.83. The largest absolute Gasteiger partial charge is 0.359 e. The summed E-state index contributed by atoms with van der Waals surface area (Å²) in [5.74, 6) is 0.0326. The van der Waals surface area contributed by atoms with E-state index in [2.05, 4.69) is 15.6 Å². The summed E-state index contributed by atoms with van der Waals surface area (Å²) in [7, 11) is 1.64. The average Bonchev–Trinajstić information content (AvgIpc) is 2.72. The lowest BCUT2D eigenvalue weighted by atomic mass is 10.2. The number of para-hydroxylation sites is 1. The number of benzene rings is 1. The summed E-state index contributed by atoms with van der Waals surface area (Å²) in [5, 5.41) is 7.55. The van der Waals surface area contributed by atoms with Crippen LogP contribution < -0.4 is 10.6 Å². The standard InChI is InChI=1S/C13H16ClN3O/c1-15-12(18)6-7-16-8-11-13(14)9-4-2-3-5-10(9)17-11/h2-5,16-17H,6-8H2,1H3,(H,15,18). The predicted octanol–water partition coefficient (Wildman–Crippen LogP) is 2.05. The van der Waals surface area contributed by atoms with Crippen molar-refractivity contribution >= 4 is 28.4 Å². The van der Waals surface area contributed by atoms with Crippen LogP contribution in [-0.4, -0.2) is 24.5 Å². The molecule has 1 amide bonds. The molecular weight excluding hydrogens is 250 g/mol. The molecule has 0 radical (unpaired) electrons. The van der Waals surface area contributed by atoms with E-state index in [1.165, 1.54) is 0 Å². The molecule has 0 aliphatic rings. The number of hydrogen-bond acceptors (Lipinski definition) is 2. The van der Waals surface area contributed by atoms with Crippen molar-refractivity contribution < 1.29 is 4.79 Å². The van der Waals surface area contributed by atoms with Gasteiger partial charge < -0.3 is 15.6 Å². The van der Waals surface area contributed by atoms with Crippen LogP contribution in [0.5, 0.6) is 0 Å². The highest BCUT2D eigenvalue weighted by atomic mass is 35.5. The van der Waals surface area contributed by atoms with Crippen LogP contribution in [0.4, 0.5) is 0 Å². The third-order valence-corrected chi connectivity index (χ3v) is 3.26. The maximum atomic E-state index is 11.0. The lowest BCUT2D eigenvalue weighted by molar-refractivity contribution is -0.120. The number of hydrogen-bond donors (Lipinski definition) is 3. The smallest absolute Gasteiger partial charge is 0.221 e. The van der Waals surface area contributed by atoms with Crippen molar-refractivity contribution in [2.75, 3.05) is 13.6 Å². The zero-order valence-electron chi connectivity index (χ0n) is 10.2. The zero-order valence-corrected chi connectivity index (χ0v) is 11.0. The first-order valence-corrected chi connectivity index (χ1v) is 6.26. The molecule has 3 N–H and O–H groups in total. The molecule has 0 bridgehead atoms. The van der Waals surface area contributed by atoms with Crippen molar-refractivity contribution in [3.8, 4) is 0 Å². The number of amides is 1. The Balaban J connectivity index is 1.95. The highest BCUT2D eigenvalue weighted by Crippen LogP contribution is 2.26. The third-order valence-electron chi connectivity index (χ3n) is 2.82. The number of carbonyl (C=O) groups is 1. The molecule has 0 atom stereocenters. The minimum atomic E-state index is 0.0326. The number of aromatic nitrogens is 1. The first kappa shape index (κ1) is 12.9. The van der Waals surface area contributed by atoms with E-state index in [0.29, 0.717) is 19.5 Å². The number of rotatable bonds is 5. The molecule has 0 fully saturated rings. The molecule has 2 aromatic rings. The normalized spacial score (nSPS) is 10.8. The Morgan fingerprint density at radius 1 is 1.39 bits per heavy atom. The number of fused-ring (bicyclic) bond motifs is 1. The Hall–Kier alpha value is -1.52. The Labute approximate surface area is 111 Å². The van der Waals surface area contributed by atoms with Gasteiger partial charge in [0.15, 0.2) is 0 Å². The fourth-order valence-electron chi connectivity index (χ4n) is 1.83. The SMILES string of the molecule is CNC(=O)CCNCc1[nH]c2ccccc2c1Cl. The van der Waals surface area contributed by atoms with E-state index in [0.717, 1.165) is 21.6 Å². The second kappa shape index (κ2) is 5.89. The minimum absolute atomic E-state index is 0.0326. The van der Waals surface area contributed by atoms with Gasteiger partial charge >= 0.3 is 0 Å². The second-order valence-electron chi connectivity index (χ2n) is 4.06. The van der Waals surface area contributed by atoms with Gasteiger partial charge in [-0.2, -0.15) is 0 Å². The van der Waals surface area contributed by atoms with Gasteiger partial charge in [0.1, 0.15) is 0 Å². The van der Waals surface area contributed by atoms with E-state index in [4.69, 9.17) is 11.6 Å². The van der Waals surface area contributed by atoms with Crippen LogP contribution in [0.3, 0.4) is 0 Å². The van der Waals surface area contributed by atoms with E-state index in [1.807, 2.05) is 24.3 Å². The van der Waals surface area contributed by atoms with Crippen molar-refractivity contribution in [2.24, 2.45) is 0 Å². The molecular formula is C13H16ClN3O. The summed E-state index contributed by atoms with van der Waals surface area (Å²) in [6.07, 6.45) is 0.467. The molecule has 0 saturated heterocycles. The molecule has 1 heterocycles. The van der Waals surface area contributed by atoms with E-state index in [1.54, 1.807) is 7.05 Å². The van der Waals surface area contributed by atoms with E-state index < -0.39 is 0 Å². The highest BCUT2D eigenvalue weighted by molar-refractivity contribution is 6.36. The van der Waals surface area contributed by atoms with Gasteiger partial charge in [0.2, 0.25) is 5.91 Å². The molecule has 0 spiro atoms. The zero-order chi connectivity index (χ0) is 13.0. The lowest BCUT2D eigenvalue weighted by Gasteiger charge is -2.03. The molecule has 18 heavy (non-hydrogen) atoms. The predicted molar refractivity (Wildman–Crippen MR) is 73.7 cm³/mol. The van der Waals surface area contributed by atoms with E-state index in [9.17, 15) is 4.79 Å². The quantitative estimate of drug-likeness (QED) is 0.725. The maximum absolute atomic E-state index is 11.0. The molecule has 2 rings (SSSR count). The van der Waals surface area contributed by atoms with E-state index >= 15 is 0 Å². The van der Waals surface area contributed by atoms with Gasteiger partial charge in [-0.25, -0.2) is 0 Å². The summed E-state index contributed by atoms with van der Waals surface area (Å²) in [6.45, 7) is 1.26. The summed E-state index contributed by atoms with van der Waals surface area (Å²) < 4.78 is 0. The van der Waals surface area contributed by atoms with Crippen molar-refractivity contribution in [3.63, 3.8) is 0 Å². The van der Waals surface area contributed by atoms with Gasteiger partial charge in [0.25, 0.3) is 0 Å². The monoisotopic (exact) mass is 265 g/mol. The number of carbonyl (C=O) groups excluding carboxylic acids is 1. The number of aromatic amines is 1. The second-order valence-corrected chi connectivity index (χ2v) is 4.44. The highest BCUT2D eigenvalue weighted by Gasteiger charge is 2.08. The van der Waals surface area contributed by atoms with Crippen LogP contribution in [0.25, 0.3) is 10.9 Å². The number of H-pyrrole nitrogens is 1. The van der Waals surface area contributed by atoms with Crippen LogP contribution in [0.15, 0.2) is 24.3 Å². The molecule has 0 saturated carbocycles. The lowest BCUT2D eigenvalue weighted by Crippen LogP contribution is -2.24. The van der Waals surface area contributed by atoms with Crippen molar-refractivity contribution in [1.29, 1.82) is 0 Å². The minimum Gasteiger partial charge on any atom is -0.359 e. The van der Waals surface area contributed by atoms with Crippen LogP contribution in [0, 0.1) is 0 Å². The van der Waals surface area contributed by atoms with Gasteiger partial charge in [-0.1, -0.05) is 29.8 Å².